The first-order valence-corrected chi connectivity index (χ1v) is 9.91. The molecular formula is C22H28N4O. The molecule has 1 aromatic heterocycles. The van der Waals surface area contributed by atoms with Crippen molar-refractivity contribution in [2.45, 2.75) is 46.1 Å². The van der Waals surface area contributed by atoms with Crippen molar-refractivity contribution in [1.29, 1.82) is 0 Å². The SMILES string of the molecule is Cc1ncnc(N2CCC[C@]3(CCC(=O)N(Cc4ccccc4)C3)C2)c1C. The Morgan fingerprint density at radius 2 is 1.89 bits per heavy atom. The molecule has 1 atom stereocenters. The molecule has 2 aromatic rings. The van der Waals surface area contributed by atoms with Crippen LogP contribution in [0.3, 0.4) is 0 Å². The second kappa shape index (κ2) is 7.29. The molecule has 1 aromatic carbocycles. The fraction of sp³-hybridized carbons (Fsp3) is 0.500. The number of nitrogens with zero attached hydrogens (tertiary/aromatic N) is 4. The summed E-state index contributed by atoms with van der Waals surface area (Å²) < 4.78 is 0. The van der Waals surface area contributed by atoms with Crippen LogP contribution in [0.15, 0.2) is 36.7 Å². The lowest BCUT2D eigenvalue weighted by atomic mass is 9.73. The average Bonchev–Trinajstić information content (AvgIpc) is 2.68. The van der Waals surface area contributed by atoms with Gasteiger partial charge in [-0.05, 0) is 38.7 Å². The minimum Gasteiger partial charge on any atom is -0.356 e. The Morgan fingerprint density at radius 3 is 2.70 bits per heavy atom. The lowest BCUT2D eigenvalue weighted by Gasteiger charge is -2.48. The van der Waals surface area contributed by atoms with Crippen LogP contribution >= 0.6 is 0 Å². The number of aromatic nitrogens is 2. The topological polar surface area (TPSA) is 49.3 Å². The molecule has 27 heavy (non-hydrogen) atoms. The summed E-state index contributed by atoms with van der Waals surface area (Å²) in [7, 11) is 0. The summed E-state index contributed by atoms with van der Waals surface area (Å²) in [6, 6.07) is 10.3. The van der Waals surface area contributed by atoms with Crippen molar-refractivity contribution >= 4 is 11.7 Å². The van der Waals surface area contributed by atoms with Gasteiger partial charge in [0.05, 0.1) is 0 Å². The van der Waals surface area contributed by atoms with Crippen LogP contribution in [0, 0.1) is 19.3 Å². The molecule has 1 spiro atoms. The molecule has 0 unspecified atom stereocenters. The van der Waals surface area contributed by atoms with Gasteiger partial charge in [0.25, 0.3) is 0 Å². The number of anilines is 1. The summed E-state index contributed by atoms with van der Waals surface area (Å²) in [5, 5.41) is 0. The Labute approximate surface area is 161 Å². The van der Waals surface area contributed by atoms with Crippen molar-refractivity contribution in [2.75, 3.05) is 24.5 Å². The molecule has 3 heterocycles. The number of piperidine rings is 2. The van der Waals surface area contributed by atoms with E-state index in [0.29, 0.717) is 13.0 Å². The Bertz CT molecular complexity index is 822. The molecule has 0 N–H and O–H groups in total. The maximum atomic E-state index is 12.6. The summed E-state index contributed by atoms with van der Waals surface area (Å²) in [4.78, 5) is 26.0. The van der Waals surface area contributed by atoms with Gasteiger partial charge in [0.2, 0.25) is 5.91 Å². The fourth-order valence-corrected chi connectivity index (χ4v) is 4.62. The van der Waals surface area contributed by atoms with Crippen molar-refractivity contribution in [1.82, 2.24) is 14.9 Å². The highest BCUT2D eigenvalue weighted by molar-refractivity contribution is 5.77. The lowest BCUT2D eigenvalue weighted by molar-refractivity contribution is -0.138. The van der Waals surface area contributed by atoms with E-state index in [-0.39, 0.29) is 11.3 Å². The summed E-state index contributed by atoms with van der Waals surface area (Å²) in [6.07, 6.45) is 5.64. The maximum Gasteiger partial charge on any atom is 0.222 e. The van der Waals surface area contributed by atoms with Crippen molar-refractivity contribution in [3.05, 3.63) is 53.5 Å². The quantitative estimate of drug-likeness (QED) is 0.836. The molecule has 5 nitrogen and oxygen atoms in total. The number of carbonyl (C=O) groups is 1. The van der Waals surface area contributed by atoms with Crippen LogP contribution in [0.5, 0.6) is 0 Å². The largest absolute Gasteiger partial charge is 0.356 e. The van der Waals surface area contributed by atoms with Crippen LogP contribution in [0.4, 0.5) is 5.82 Å². The second-order valence-electron chi connectivity index (χ2n) is 8.17. The summed E-state index contributed by atoms with van der Waals surface area (Å²) >= 11 is 0. The molecule has 0 radical (unpaired) electrons. The van der Waals surface area contributed by atoms with E-state index in [1.165, 1.54) is 17.5 Å². The van der Waals surface area contributed by atoms with Crippen LogP contribution in [0.1, 0.15) is 42.5 Å². The number of hydrogen-bond acceptors (Lipinski definition) is 4. The molecule has 142 valence electrons. The minimum atomic E-state index is 0.173. The molecule has 1 amide bonds. The standard InChI is InChI=1S/C22H28N4O/c1-17-18(2)23-16-24-21(17)25-12-6-10-22(14-25)11-9-20(27)26(15-22)13-19-7-4-3-5-8-19/h3-5,7-8,16H,6,9-15H2,1-2H3/t22-/m0/s1. The normalized spacial score (nSPS) is 23.1. The van der Waals surface area contributed by atoms with Gasteiger partial charge in [0.1, 0.15) is 12.1 Å². The van der Waals surface area contributed by atoms with Gasteiger partial charge in [-0.25, -0.2) is 9.97 Å². The van der Waals surface area contributed by atoms with Gasteiger partial charge in [0.15, 0.2) is 0 Å². The Morgan fingerprint density at radius 1 is 1.07 bits per heavy atom. The first kappa shape index (κ1) is 18.0. The van der Waals surface area contributed by atoms with Gasteiger partial charge in [-0.1, -0.05) is 30.3 Å². The fourth-order valence-electron chi connectivity index (χ4n) is 4.62. The number of benzene rings is 1. The van der Waals surface area contributed by atoms with Gasteiger partial charge in [-0.15, -0.1) is 0 Å². The van der Waals surface area contributed by atoms with E-state index < -0.39 is 0 Å². The highest BCUT2D eigenvalue weighted by Crippen LogP contribution is 2.40. The van der Waals surface area contributed by atoms with Gasteiger partial charge in [-0.3, -0.25) is 4.79 Å². The summed E-state index contributed by atoms with van der Waals surface area (Å²) in [5.74, 6) is 1.35. The first-order chi connectivity index (χ1) is 13.1. The van der Waals surface area contributed by atoms with Gasteiger partial charge in [0, 0.05) is 49.3 Å². The maximum absolute atomic E-state index is 12.6. The van der Waals surface area contributed by atoms with Crippen LogP contribution in [0.2, 0.25) is 0 Å². The molecule has 5 heteroatoms. The van der Waals surface area contributed by atoms with Crippen LogP contribution < -0.4 is 4.90 Å². The van der Waals surface area contributed by atoms with E-state index in [2.05, 4.69) is 38.8 Å². The number of likely N-dealkylation sites (tertiary alicyclic amines) is 1. The Balaban J connectivity index is 1.53. The molecule has 2 aliphatic heterocycles. The Hall–Kier alpha value is -2.43. The zero-order valence-electron chi connectivity index (χ0n) is 16.3. The first-order valence-electron chi connectivity index (χ1n) is 9.91. The second-order valence-corrected chi connectivity index (χ2v) is 8.17. The van der Waals surface area contributed by atoms with Crippen molar-refractivity contribution in [3.63, 3.8) is 0 Å². The monoisotopic (exact) mass is 364 g/mol. The van der Waals surface area contributed by atoms with E-state index in [0.717, 1.165) is 44.0 Å². The van der Waals surface area contributed by atoms with Gasteiger partial charge < -0.3 is 9.80 Å². The molecule has 2 aliphatic rings. The third-order valence-corrected chi connectivity index (χ3v) is 6.23. The van der Waals surface area contributed by atoms with Crippen molar-refractivity contribution in [3.8, 4) is 0 Å². The number of rotatable bonds is 3. The van der Waals surface area contributed by atoms with E-state index in [9.17, 15) is 4.79 Å². The molecule has 0 bridgehead atoms. The van der Waals surface area contributed by atoms with E-state index in [1.54, 1.807) is 6.33 Å². The molecule has 2 saturated heterocycles. The molecular weight excluding hydrogens is 336 g/mol. The van der Waals surface area contributed by atoms with Crippen molar-refractivity contribution < 1.29 is 4.79 Å². The highest BCUT2D eigenvalue weighted by Gasteiger charge is 2.42. The number of aryl methyl sites for hydroxylation is 1. The van der Waals surface area contributed by atoms with E-state index >= 15 is 0 Å². The third-order valence-electron chi connectivity index (χ3n) is 6.23. The summed E-state index contributed by atoms with van der Waals surface area (Å²) in [6.45, 7) is 7.72. The number of carbonyl (C=O) groups excluding carboxylic acids is 1. The molecule has 2 fully saturated rings. The number of amides is 1. The van der Waals surface area contributed by atoms with Crippen molar-refractivity contribution in [2.24, 2.45) is 5.41 Å². The highest BCUT2D eigenvalue weighted by atomic mass is 16.2. The Kier molecular flexibility index (Phi) is 4.85. The summed E-state index contributed by atoms with van der Waals surface area (Å²) in [5.41, 5.74) is 3.59. The van der Waals surface area contributed by atoms with Crippen LogP contribution in [0.25, 0.3) is 0 Å². The minimum absolute atomic E-state index is 0.173. The lowest BCUT2D eigenvalue weighted by Crippen LogP contribution is -2.54. The number of hydrogen-bond donors (Lipinski definition) is 0. The molecule has 0 saturated carbocycles. The van der Waals surface area contributed by atoms with Crippen LogP contribution in [-0.2, 0) is 11.3 Å². The molecule has 4 rings (SSSR count). The predicted octanol–water partition coefficient (Wildman–Crippen LogP) is 3.50. The zero-order valence-corrected chi connectivity index (χ0v) is 16.3. The van der Waals surface area contributed by atoms with Gasteiger partial charge in [-0.2, -0.15) is 0 Å². The van der Waals surface area contributed by atoms with E-state index in [1.807, 2.05) is 25.1 Å². The predicted molar refractivity (Wildman–Crippen MR) is 106 cm³/mol. The van der Waals surface area contributed by atoms with E-state index in [4.69, 9.17) is 0 Å². The smallest absolute Gasteiger partial charge is 0.222 e. The zero-order chi connectivity index (χ0) is 18.9. The third kappa shape index (κ3) is 3.68. The average molecular weight is 364 g/mol. The van der Waals surface area contributed by atoms with Gasteiger partial charge >= 0.3 is 0 Å². The van der Waals surface area contributed by atoms with Crippen LogP contribution in [-0.4, -0.2) is 40.4 Å². The molecule has 0 aliphatic carbocycles.